The van der Waals surface area contributed by atoms with Crippen molar-refractivity contribution in [1.29, 1.82) is 0 Å². The van der Waals surface area contributed by atoms with Gasteiger partial charge in [0.1, 0.15) is 11.1 Å². The standard InChI is InChI=1S/C27H25N3O3S/c1-3-29(4-2)15-16-30(27-28-22-11-7-8-12-24(22)34-27)25(31)21-17-20-19-10-6-5-9-18(19)13-14-23(20)33-26(21)32/h5-14,17H,3-4,15-16H2,1-2H3. The topological polar surface area (TPSA) is 66.7 Å². The van der Waals surface area contributed by atoms with Crippen molar-refractivity contribution in [2.24, 2.45) is 0 Å². The average Bonchev–Trinajstić information content (AvgIpc) is 3.29. The van der Waals surface area contributed by atoms with Gasteiger partial charge in [0.05, 0.1) is 10.2 Å². The van der Waals surface area contributed by atoms with Crippen molar-refractivity contribution in [3.8, 4) is 0 Å². The summed E-state index contributed by atoms with van der Waals surface area (Å²) >= 11 is 1.45. The van der Waals surface area contributed by atoms with E-state index in [9.17, 15) is 9.59 Å². The molecular formula is C27H25N3O3S. The largest absolute Gasteiger partial charge is 0.422 e. The summed E-state index contributed by atoms with van der Waals surface area (Å²) < 4.78 is 6.60. The summed E-state index contributed by atoms with van der Waals surface area (Å²) in [5.74, 6) is -0.394. The van der Waals surface area contributed by atoms with Crippen molar-refractivity contribution in [2.75, 3.05) is 31.1 Å². The second-order valence-electron chi connectivity index (χ2n) is 8.09. The van der Waals surface area contributed by atoms with E-state index in [1.54, 1.807) is 17.0 Å². The Bertz CT molecular complexity index is 1520. The predicted octanol–water partition coefficient (Wildman–Crippen LogP) is 5.54. The number of hydrogen-bond acceptors (Lipinski definition) is 6. The van der Waals surface area contributed by atoms with Crippen LogP contribution < -0.4 is 10.5 Å². The Balaban J connectivity index is 1.61. The van der Waals surface area contributed by atoms with Crippen molar-refractivity contribution < 1.29 is 9.21 Å². The molecule has 0 saturated heterocycles. The zero-order valence-corrected chi connectivity index (χ0v) is 20.0. The Labute approximate surface area is 201 Å². The summed E-state index contributed by atoms with van der Waals surface area (Å²) in [6.45, 7) is 7.04. The van der Waals surface area contributed by atoms with Gasteiger partial charge in [-0.1, -0.05) is 67.6 Å². The van der Waals surface area contributed by atoms with Crippen LogP contribution in [0.25, 0.3) is 32.0 Å². The van der Waals surface area contributed by atoms with Gasteiger partial charge >= 0.3 is 5.63 Å². The number of aromatic nitrogens is 1. The van der Waals surface area contributed by atoms with Crippen LogP contribution in [0, 0.1) is 0 Å². The van der Waals surface area contributed by atoms with Gasteiger partial charge in [0.2, 0.25) is 0 Å². The van der Waals surface area contributed by atoms with Crippen molar-refractivity contribution in [3.05, 3.63) is 82.7 Å². The normalized spacial score (nSPS) is 11.6. The summed E-state index contributed by atoms with van der Waals surface area (Å²) in [6, 6.07) is 21.0. The number of rotatable bonds is 7. The van der Waals surface area contributed by atoms with Gasteiger partial charge in [0.25, 0.3) is 5.91 Å². The molecule has 0 N–H and O–H groups in total. The first-order valence-corrected chi connectivity index (χ1v) is 12.3. The number of nitrogens with zero attached hydrogens (tertiary/aromatic N) is 3. The fourth-order valence-electron chi connectivity index (χ4n) is 4.21. The number of carbonyl (C=O) groups is 1. The molecule has 0 bridgehead atoms. The smallest absolute Gasteiger partial charge is 0.349 e. The molecule has 1 amide bonds. The fourth-order valence-corrected chi connectivity index (χ4v) is 5.20. The van der Waals surface area contributed by atoms with Crippen LogP contribution >= 0.6 is 11.3 Å². The Hall–Kier alpha value is -3.55. The number of anilines is 1. The number of fused-ring (bicyclic) bond motifs is 4. The molecular weight excluding hydrogens is 446 g/mol. The molecule has 0 unspecified atom stereocenters. The van der Waals surface area contributed by atoms with Crippen LogP contribution in [0.4, 0.5) is 5.13 Å². The first kappa shape index (κ1) is 22.3. The molecule has 0 aliphatic heterocycles. The molecule has 172 valence electrons. The molecule has 3 aromatic carbocycles. The number of carbonyl (C=O) groups excluding carboxylic acids is 1. The van der Waals surface area contributed by atoms with Gasteiger partial charge in [-0.25, -0.2) is 9.78 Å². The molecule has 2 heterocycles. The SMILES string of the molecule is CCN(CC)CCN(C(=O)c1cc2c(ccc3ccccc32)oc1=O)c1nc2ccccc2s1. The third kappa shape index (κ3) is 4.08. The minimum atomic E-state index is -0.637. The maximum Gasteiger partial charge on any atom is 0.349 e. The lowest BCUT2D eigenvalue weighted by Gasteiger charge is -2.24. The zero-order valence-electron chi connectivity index (χ0n) is 19.2. The van der Waals surface area contributed by atoms with Crippen molar-refractivity contribution >= 4 is 54.3 Å². The van der Waals surface area contributed by atoms with Gasteiger partial charge in [0.15, 0.2) is 5.13 Å². The van der Waals surface area contributed by atoms with Gasteiger partial charge < -0.3 is 9.32 Å². The summed E-state index contributed by atoms with van der Waals surface area (Å²) in [6.07, 6.45) is 0. The molecule has 0 aliphatic carbocycles. The lowest BCUT2D eigenvalue weighted by Crippen LogP contribution is -2.40. The van der Waals surface area contributed by atoms with Gasteiger partial charge in [-0.3, -0.25) is 9.69 Å². The molecule has 7 heteroatoms. The van der Waals surface area contributed by atoms with Crippen LogP contribution in [0.15, 0.2) is 75.9 Å². The van der Waals surface area contributed by atoms with Crippen LogP contribution in [0.1, 0.15) is 24.2 Å². The average molecular weight is 472 g/mol. The van der Waals surface area contributed by atoms with E-state index in [1.165, 1.54) is 11.3 Å². The van der Waals surface area contributed by atoms with Crippen LogP contribution in [0.5, 0.6) is 0 Å². The van der Waals surface area contributed by atoms with Gasteiger partial charge in [0, 0.05) is 18.5 Å². The van der Waals surface area contributed by atoms with Gasteiger partial charge in [-0.15, -0.1) is 0 Å². The van der Waals surface area contributed by atoms with Crippen LogP contribution in [-0.2, 0) is 0 Å². The third-order valence-electron chi connectivity index (χ3n) is 6.17. The van der Waals surface area contributed by atoms with E-state index >= 15 is 0 Å². The zero-order chi connectivity index (χ0) is 23.7. The molecule has 34 heavy (non-hydrogen) atoms. The van der Waals surface area contributed by atoms with E-state index in [0.29, 0.717) is 23.8 Å². The number of benzene rings is 3. The summed E-state index contributed by atoms with van der Waals surface area (Å²) in [5.41, 5.74) is 0.680. The molecule has 0 aliphatic rings. The number of hydrogen-bond donors (Lipinski definition) is 0. The van der Waals surface area contributed by atoms with E-state index in [1.807, 2.05) is 54.6 Å². The Morgan fingerprint density at radius 2 is 1.71 bits per heavy atom. The molecule has 6 nitrogen and oxygen atoms in total. The minimum Gasteiger partial charge on any atom is -0.422 e. The summed E-state index contributed by atoms with van der Waals surface area (Å²) in [5, 5.41) is 3.28. The lowest BCUT2D eigenvalue weighted by molar-refractivity contribution is 0.0980. The monoisotopic (exact) mass is 471 g/mol. The van der Waals surface area contributed by atoms with E-state index in [4.69, 9.17) is 9.40 Å². The van der Waals surface area contributed by atoms with Gasteiger partial charge in [-0.2, -0.15) is 0 Å². The maximum absolute atomic E-state index is 13.8. The molecule has 0 spiro atoms. The van der Waals surface area contributed by atoms with E-state index in [0.717, 1.165) is 39.5 Å². The maximum atomic E-state index is 13.8. The Morgan fingerprint density at radius 3 is 2.50 bits per heavy atom. The molecule has 0 atom stereocenters. The summed E-state index contributed by atoms with van der Waals surface area (Å²) in [4.78, 5) is 35.3. The highest BCUT2D eigenvalue weighted by Gasteiger charge is 2.25. The van der Waals surface area contributed by atoms with Crippen molar-refractivity contribution in [2.45, 2.75) is 13.8 Å². The van der Waals surface area contributed by atoms with Gasteiger partial charge in [-0.05, 0) is 48.1 Å². The van der Waals surface area contributed by atoms with Crippen molar-refractivity contribution in [1.82, 2.24) is 9.88 Å². The van der Waals surface area contributed by atoms with Crippen LogP contribution in [0.2, 0.25) is 0 Å². The second-order valence-corrected chi connectivity index (χ2v) is 9.10. The molecule has 5 rings (SSSR count). The fraction of sp³-hybridized carbons (Fsp3) is 0.222. The third-order valence-corrected chi connectivity index (χ3v) is 7.22. The van der Waals surface area contributed by atoms with E-state index < -0.39 is 11.5 Å². The molecule has 0 fully saturated rings. The number of thiazole rings is 1. The van der Waals surface area contributed by atoms with Crippen LogP contribution in [-0.4, -0.2) is 42.0 Å². The second kappa shape index (κ2) is 9.37. The first-order chi connectivity index (χ1) is 16.6. The molecule has 2 aromatic heterocycles. The van der Waals surface area contributed by atoms with Crippen LogP contribution in [0.3, 0.4) is 0 Å². The summed E-state index contributed by atoms with van der Waals surface area (Å²) in [7, 11) is 0. The Kier molecular flexibility index (Phi) is 6.13. The highest BCUT2D eigenvalue weighted by atomic mass is 32.1. The number of para-hydroxylation sites is 1. The highest BCUT2D eigenvalue weighted by Crippen LogP contribution is 2.30. The Morgan fingerprint density at radius 1 is 0.941 bits per heavy atom. The van der Waals surface area contributed by atoms with E-state index in [-0.39, 0.29) is 5.56 Å². The van der Waals surface area contributed by atoms with Crippen molar-refractivity contribution in [3.63, 3.8) is 0 Å². The lowest BCUT2D eigenvalue weighted by atomic mass is 10.0. The number of likely N-dealkylation sites (N-methyl/N-ethyl adjacent to an activating group) is 1. The molecule has 0 radical (unpaired) electrons. The quantitative estimate of drug-likeness (QED) is 0.230. The highest BCUT2D eigenvalue weighted by molar-refractivity contribution is 7.22. The molecule has 0 saturated carbocycles. The minimum absolute atomic E-state index is 0.0163. The number of amides is 1. The molecule has 5 aromatic rings. The predicted molar refractivity (Wildman–Crippen MR) is 139 cm³/mol. The van der Waals surface area contributed by atoms with E-state index in [2.05, 4.69) is 18.7 Å². The first-order valence-electron chi connectivity index (χ1n) is 11.4.